The molecule has 7 nitrogen and oxygen atoms in total. The first-order chi connectivity index (χ1) is 15.6. The van der Waals surface area contributed by atoms with E-state index < -0.39 is 5.97 Å². The minimum absolute atomic E-state index is 0.0153. The number of carboxylic acids is 1. The van der Waals surface area contributed by atoms with Crippen molar-refractivity contribution in [3.8, 4) is 11.1 Å². The van der Waals surface area contributed by atoms with Crippen LogP contribution in [0.5, 0.6) is 0 Å². The van der Waals surface area contributed by atoms with E-state index in [4.69, 9.17) is 4.74 Å². The largest absolute Gasteiger partial charge is 0.478 e. The highest BCUT2D eigenvalue weighted by molar-refractivity contribution is 5.87. The number of amides is 1. The number of fused-ring (bicyclic) bond motifs is 3. The van der Waals surface area contributed by atoms with Crippen molar-refractivity contribution in [3.63, 3.8) is 0 Å². The van der Waals surface area contributed by atoms with Gasteiger partial charge in [-0.3, -0.25) is 4.98 Å². The zero-order valence-corrected chi connectivity index (χ0v) is 17.4. The van der Waals surface area contributed by atoms with Gasteiger partial charge < -0.3 is 20.1 Å². The lowest BCUT2D eigenvalue weighted by atomic mass is 9.98. The second-order valence-electron chi connectivity index (χ2n) is 8.07. The molecule has 0 saturated carbocycles. The number of ether oxygens (including phenoxy) is 1. The third-order valence-corrected chi connectivity index (χ3v) is 6.18. The molecule has 0 radical (unpaired) electrons. The van der Waals surface area contributed by atoms with Crippen LogP contribution < -0.4 is 5.32 Å². The zero-order valence-electron chi connectivity index (χ0n) is 17.4. The number of nitrogens with one attached hydrogen (secondary N) is 1. The van der Waals surface area contributed by atoms with Crippen LogP contribution in [0.15, 0.2) is 67.0 Å². The summed E-state index contributed by atoms with van der Waals surface area (Å²) in [5.41, 5.74) is 5.60. The molecule has 0 spiro atoms. The van der Waals surface area contributed by atoms with Gasteiger partial charge in [-0.05, 0) is 33.9 Å². The number of aromatic carboxylic acids is 1. The second-order valence-corrected chi connectivity index (χ2v) is 8.07. The van der Waals surface area contributed by atoms with Crippen molar-refractivity contribution in [2.24, 2.45) is 0 Å². The maximum Gasteiger partial charge on any atom is 0.409 e. The highest BCUT2D eigenvalue weighted by atomic mass is 16.6. The van der Waals surface area contributed by atoms with Gasteiger partial charge in [-0.25, -0.2) is 9.59 Å². The van der Waals surface area contributed by atoms with Gasteiger partial charge in [0.15, 0.2) is 0 Å². The summed E-state index contributed by atoms with van der Waals surface area (Å²) in [7, 11) is 0. The molecule has 32 heavy (non-hydrogen) atoms. The summed E-state index contributed by atoms with van der Waals surface area (Å²) in [4.78, 5) is 29.8. The molecular formula is C25H23N3O4. The van der Waals surface area contributed by atoms with E-state index in [0.717, 1.165) is 5.56 Å². The second kappa shape index (κ2) is 8.43. The third kappa shape index (κ3) is 3.71. The van der Waals surface area contributed by atoms with E-state index in [9.17, 15) is 14.7 Å². The molecule has 3 aromatic rings. The van der Waals surface area contributed by atoms with E-state index in [1.807, 2.05) is 24.3 Å². The molecule has 2 N–H and O–H groups in total. The Labute approximate surface area is 185 Å². The van der Waals surface area contributed by atoms with Gasteiger partial charge in [0, 0.05) is 37.9 Å². The molecule has 1 aliphatic carbocycles. The summed E-state index contributed by atoms with van der Waals surface area (Å²) in [6.45, 7) is 1.78. The topological polar surface area (TPSA) is 91.8 Å². The molecule has 1 fully saturated rings. The zero-order chi connectivity index (χ0) is 22.1. The number of hydrogen-bond acceptors (Lipinski definition) is 5. The highest BCUT2D eigenvalue weighted by Crippen LogP contribution is 2.44. The minimum atomic E-state index is -1.02. The van der Waals surface area contributed by atoms with Crippen molar-refractivity contribution in [1.82, 2.24) is 15.2 Å². The molecule has 1 amide bonds. The van der Waals surface area contributed by atoms with Crippen LogP contribution in [0.1, 0.15) is 39.0 Å². The maximum absolute atomic E-state index is 12.9. The molecule has 162 valence electrons. The molecule has 2 heterocycles. The van der Waals surface area contributed by atoms with E-state index in [-0.39, 0.29) is 30.2 Å². The first-order valence-corrected chi connectivity index (χ1v) is 10.6. The molecule has 1 saturated heterocycles. The summed E-state index contributed by atoms with van der Waals surface area (Å²) >= 11 is 0. The van der Waals surface area contributed by atoms with Gasteiger partial charge >= 0.3 is 12.1 Å². The van der Waals surface area contributed by atoms with Gasteiger partial charge in [0.2, 0.25) is 0 Å². The van der Waals surface area contributed by atoms with Gasteiger partial charge in [-0.15, -0.1) is 0 Å². The molecule has 2 aromatic carbocycles. The first-order valence-electron chi connectivity index (χ1n) is 10.6. The first kappa shape index (κ1) is 20.2. The average Bonchev–Trinajstić information content (AvgIpc) is 3.16. The van der Waals surface area contributed by atoms with Gasteiger partial charge in [0.25, 0.3) is 0 Å². The number of carboxylic acid groups (broad SMARTS) is 1. The van der Waals surface area contributed by atoms with Crippen molar-refractivity contribution in [2.45, 2.75) is 12.0 Å². The molecule has 5 rings (SSSR count). The van der Waals surface area contributed by atoms with Crippen LogP contribution in [0.3, 0.4) is 0 Å². The average molecular weight is 429 g/mol. The Bertz CT molecular complexity index is 1130. The normalized spacial score (nSPS) is 17.5. The minimum Gasteiger partial charge on any atom is -0.478 e. The number of aromatic nitrogens is 1. The fraction of sp³-hybridized carbons (Fsp3) is 0.240. The Kier molecular flexibility index (Phi) is 5.33. The summed E-state index contributed by atoms with van der Waals surface area (Å²) in [6, 6.07) is 17.9. The Morgan fingerprint density at radius 1 is 1.06 bits per heavy atom. The number of pyridine rings is 1. The molecule has 1 aromatic heterocycles. The van der Waals surface area contributed by atoms with Crippen molar-refractivity contribution in [3.05, 3.63) is 89.2 Å². The highest BCUT2D eigenvalue weighted by Gasteiger charge is 2.31. The monoisotopic (exact) mass is 429 g/mol. The van der Waals surface area contributed by atoms with Crippen LogP contribution in [0.2, 0.25) is 0 Å². The number of rotatable bonds is 4. The number of benzene rings is 2. The summed E-state index contributed by atoms with van der Waals surface area (Å²) in [6.07, 6.45) is 2.59. The van der Waals surface area contributed by atoms with Crippen molar-refractivity contribution in [1.29, 1.82) is 0 Å². The van der Waals surface area contributed by atoms with Gasteiger partial charge in [-0.2, -0.15) is 0 Å². The van der Waals surface area contributed by atoms with E-state index in [0.29, 0.717) is 19.6 Å². The quantitative estimate of drug-likeness (QED) is 0.658. The van der Waals surface area contributed by atoms with E-state index >= 15 is 0 Å². The lowest BCUT2D eigenvalue weighted by molar-refractivity contribution is 0.0695. The number of piperazine rings is 1. The summed E-state index contributed by atoms with van der Waals surface area (Å²) in [5, 5.41) is 12.5. The van der Waals surface area contributed by atoms with Crippen LogP contribution in [0, 0.1) is 0 Å². The summed E-state index contributed by atoms with van der Waals surface area (Å²) in [5.74, 6) is -1.01. The van der Waals surface area contributed by atoms with Crippen LogP contribution in [-0.2, 0) is 4.74 Å². The fourth-order valence-electron chi connectivity index (χ4n) is 4.59. The number of carbonyl (C=O) groups is 2. The molecule has 2 aliphatic rings. The van der Waals surface area contributed by atoms with E-state index in [2.05, 4.69) is 34.6 Å². The lowest BCUT2D eigenvalue weighted by Gasteiger charge is -2.33. The van der Waals surface area contributed by atoms with Crippen LogP contribution in [-0.4, -0.2) is 53.3 Å². The fourth-order valence-corrected chi connectivity index (χ4v) is 4.59. The molecule has 1 aliphatic heterocycles. The molecule has 0 bridgehead atoms. The van der Waals surface area contributed by atoms with Gasteiger partial charge in [0.1, 0.15) is 6.61 Å². The van der Waals surface area contributed by atoms with Crippen LogP contribution >= 0.6 is 0 Å². The van der Waals surface area contributed by atoms with Gasteiger partial charge in [-0.1, -0.05) is 48.5 Å². The smallest absolute Gasteiger partial charge is 0.409 e. The Hall–Kier alpha value is -3.71. The number of hydrogen-bond donors (Lipinski definition) is 2. The third-order valence-electron chi connectivity index (χ3n) is 6.18. The molecular weight excluding hydrogens is 406 g/mol. The van der Waals surface area contributed by atoms with Crippen LogP contribution in [0.25, 0.3) is 11.1 Å². The summed E-state index contributed by atoms with van der Waals surface area (Å²) < 4.78 is 5.77. The van der Waals surface area contributed by atoms with E-state index in [1.54, 1.807) is 17.2 Å². The predicted molar refractivity (Wildman–Crippen MR) is 119 cm³/mol. The number of carbonyl (C=O) groups excluding carboxylic acids is 1. The Morgan fingerprint density at radius 3 is 2.44 bits per heavy atom. The SMILES string of the molecule is O=C(O)c1cncc(C2CN(C(=O)OCC3c4ccccc4-c4ccccc43)CCN2)c1. The number of nitrogens with zero attached hydrogens (tertiary/aromatic N) is 2. The lowest BCUT2D eigenvalue weighted by Crippen LogP contribution is -2.48. The Balaban J connectivity index is 1.28. The molecule has 1 unspecified atom stereocenters. The van der Waals surface area contributed by atoms with E-state index in [1.165, 1.54) is 28.5 Å². The molecule has 1 atom stereocenters. The van der Waals surface area contributed by atoms with Crippen molar-refractivity contribution >= 4 is 12.1 Å². The van der Waals surface area contributed by atoms with Crippen molar-refractivity contribution in [2.75, 3.05) is 26.2 Å². The Morgan fingerprint density at radius 2 is 1.75 bits per heavy atom. The van der Waals surface area contributed by atoms with Gasteiger partial charge in [0.05, 0.1) is 11.6 Å². The van der Waals surface area contributed by atoms with Crippen molar-refractivity contribution < 1.29 is 19.4 Å². The molecule has 7 heteroatoms. The predicted octanol–water partition coefficient (Wildman–Crippen LogP) is 3.68. The standard InChI is InChI=1S/C25H23N3O4/c29-24(30)17-11-16(12-26-13-17)23-14-28(10-9-27-23)25(31)32-15-22-20-7-3-1-5-18(20)19-6-2-4-8-21(19)22/h1-8,11-13,22-23,27H,9-10,14-15H2,(H,29,30). The maximum atomic E-state index is 12.9. The van der Waals surface area contributed by atoms with Crippen LogP contribution in [0.4, 0.5) is 4.79 Å².